The SMILES string of the molecule is CC[C@H](CN)C[C@H](C)CCOc1ccc(C(F)(F)F)cc1. The van der Waals surface area contributed by atoms with Crippen molar-refractivity contribution >= 4 is 0 Å². The summed E-state index contributed by atoms with van der Waals surface area (Å²) in [7, 11) is 0. The molecule has 0 aliphatic heterocycles. The van der Waals surface area contributed by atoms with E-state index in [0.29, 0.717) is 30.7 Å². The predicted octanol–water partition coefficient (Wildman–Crippen LogP) is 4.49. The molecule has 0 heterocycles. The van der Waals surface area contributed by atoms with Crippen LogP contribution < -0.4 is 10.5 Å². The molecule has 0 saturated heterocycles. The Labute approximate surface area is 124 Å². The van der Waals surface area contributed by atoms with Crippen LogP contribution in [0.15, 0.2) is 24.3 Å². The zero-order valence-corrected chi connectivity index (χ0v) is 12.6. The van der Waals surface area contributed by atoms with Gasteiger partial charge < -0.3 is 10.5 Å². The van der Waals surface area contributed by atoms with Crippen molar-refractivity contribution in [1.82, 2.24) is 0 Å². The maximum atomic E-state index is 12.4. The number of hydrogen-bond donors (Lipinski definition) is 1. The molecule has 0 amide bonds. The summed E-state index contributed by atoms with van der Waals surface area (Å²) in [5.74, 6) is 1.50. The molecule has 2 N–H and O–H groups in total. The first kappa shape index (κ1) is 17.8. The molecule has 120 valence electrons. The van der Waals surface area contributed by atoms with Crippen LogP contribution in [0.25, 0.3) is 0 Å². The van der Waals surface area contributed by atoms with Crippen LogP contribution in [0, 0.1) is 11.8 Å². The Morgan fingerprint density at radius 1 is 1.19 bits per heavy atom. The van der Waals surface area contributed by atoms with E-state index in [4.69, 9.17) is 10.5 Å². The zero-order chi connectivity index (χ0) is 15.9. The number of alkyl halides is 3. The van der Waals surface area contributed by atoms with Crippen molar-refractivity contribution in [3.63, 3.8) is 0 Å². The predicted molar refractivity (Wildman–Crippen MR) is 78.2 cm³/mol. The first-order chi connectivity index (χ1) is 9.86. The van der Waals surface area contributed by atoms with Crippen LogP contribution in [0.2, 0.25) is 0 Å². The first-order valence-corrected chi connectivity index (χ1v) is 7.37. The van der Waals surface area contributed by atoms with Crippen LogP contribution in [-0.2, 0) is 6.18 Å². The number of ether oxygens (including phenoxy) is 1. The minimum atomic E-state index is -4.30. The molecule has 0 unspecified atom stereocenters. The number of hydrogen-bond acceptors (Lipinski definition) is 2. The van der Waals surface area contributed by atoms with E-state index in [1.807, 2.05) is 0 Å². The highest BCUT2D eigenvalue weighted by Gasteiger charge is 2.29. The van der Waals surface area contributed by atoms with E-state index < -0.39 is 11.7 Å². The van der Waals surface area contributed by atoms with Gasteiger partial charge in [-0.15, -0.1) is 0 Å². The van der Waals surface area contributed by atoms with Gasteiger partial charge >= 0.3 is 6.18 Å². The lowest BCUT2D eigenvalue weighted by atomic mass is 9.92. The van der Waals surface area contributed by atoms with E-state index in [2.05, 4.69) is 13.8 Å². The summed E-state index contributed by atoms with van der Waals surface area (Å²) in [6.07, 6.45) is -1.30. The molecule has 21 heavy (non-hydrogen) atoms. The van der Waals surface area contributed by atoms with E-state index in [0.717, 1.165) is 31.4 Å². The molecular formula is C16H24F3NO. The smallest absolute Gasteiger partial charge is 0.416 e. The molecule has 1 aromatic carbocycles. The summed E-state index contributed by atoms with van der Waals surface area (Å²) in [6.45, 7) is 5.48. The zero-order valence-electron chi connectivity index (χ0n) is 12.6. The summed E-state index contributed by atoms with van der Waals surface area (Å²) in [6, 6.07) is 4.81. The van der Waals surface area contributed by atoms with Crippen LogP contribution in [-0.4, -0.2) is 13.2 Å². The molecule has 0 aliphatic rings. The topological polar surface area (TPSA) is 35.2 Å². The summed E-state index contributed by atoms with van der Waals surface area (Å²) in [5.41, 5.74) is 5.02. The van der Waals surface area contributed by atoms with Crippen molar-refractivity contribution in [2.75, 3.05) is 13.2 Å². The maximum absolute atomic E-state index is 12.4. The standard InChI is InChI=1S/C16H24F3NO/c1-3-13(11-20)10-12(2)8-9-21-15-6-4-14(5-7-15)16(17,18)19/h4-7,12-13H,3,8-11,20H2,1-2H3/t12-,13+/m1/s1. The van der Waals surface area contributed by atoms with Gasteiger partial charge in [0.15, 0.2) is 0 Å². The molecule has 0 aromatic heterocycles. The van der Waals surface area contributed by atoms with Crippen molar-refractivity contribution in [3.05, 3.63) is 29.8 Å². The number of nitrogens with two attached hydrogens (primary N) is 1. The van der Waals surface area contributed by atoms with E-state index >= 15 is 0 Å². The second-order valence-electron chi connectivity index (χ2n) is 5.51. The molecule has 0 saturated carbocycles. The highest BCUT2D eigenvalue weighted by atomic mass is 19.4. The second kappa shape index (κ2) is 8.27. The Morgan fingerprint density at radius 2 is 1.81 bits per heavy atom. The van der Waals surface area contributed by atoms with Crippen molar-refractivity contribution in [2.45, 2.75) is 39.3 Å². The monoisotopic (exact) mass is 303 g/mol. The van der Waals surface area contributed by atoms with Crippen LogP contribution in [0.1, 0.15) is 38.7 Å². The molecule has 2 atom stereocenters. The van der Waals surface area contributed by atoms with Gasteiger partial charge in [0, 0.05) is 0 Å². The van der Waals surface area contributed by atoms with Crippen LogP contribution >= 0.6 is 0 Å². The molecule has 0 bridgehead atoms. The average molecular weight is 303 g/mol. The van der Waals surface area contributed by atoms with Gasteiger partial charge in [-0.2, -0.15) is 13.2 Å². The Hall–Kier alpha value is -1.23. The Bertz CT molecular complexity index is 399. The first-order valence-electron chi connectivity index (χ1n) is 7.37. The molecule has 0 fully saturated rings. The molecule has 2 nitrogen and oxygen atoms in total. The van der Waals surface area contributed by atoms with Gasteiger partial charge in [0.05, 0.1) is 12.2 Å². The van der Waals surface area contributed by atoms with Crippen LogP contribution in [0.3, 0.4) is 0 Å². The average Bonchev–Trinajstić information content (AvgIpc) is 2.44. The Kier molecular flexibility index (Phi) is 7.02. The lowest BCUT2D eigenvalue weighted by Crippen LogP contribution is -2.17. The van der Waals surface area contributed by atoms with E-state index in [9.17, 15) is 13.2 Å². The van der Waals surface area contributed by atoms with E-state index in [-0.39, 0.29) is 0 Å². The molecule has 0 spiro atoms. The minimum Gasteiger partial charge on any atom is -0.494 e. The third-order valence-electron chi connectivity index (χ3n) is 3.71. The van der Waals surface area contributed by atoms with Crippen molar-refractivity contribution < 1.29 is 17.9 Å². The molecule has 1 aromatic rings. The highest BCUT2D eigenvalue weighted by molar-refractivity contribution is 5.28. The summed E-state index contributed by atoms with van der Waals surface area (Å²) in [4.78, 5) is 0. The van der Waals surface area contributed by atoms with Crippen molar-refractivity contribution in [3.8, 4) is 5.75 Å². The number of benzene rings is 1. The maximum Gasteiger partial charge on any atom is 0.416 e. The van der Waals surface area contributed by atoms with Gasteiger partial charge in [-0.1, -0.05) is 20.3 Å². The fraction of sp³-hybridized carbons (Fsp3) is 0.625. The van der Waals surface area contributed by atoms with E-state index in [1.165, 1.54) is 12.1 Å². The lowest BCUT2D eigenvalue weighted by molar-refractivity contribution is -0.137. The quantitative estimate of drug-likeness (QED) is 0.768. The van der Waals surface area contributed by atoms with E-state index in [1.54, 1.807) is 0 Å². The third-order valence-corrected chi connectivity index (χ3v) is 3.71. The van der Waals surface area contributed by atoms with Gasteiger partial charge in [0.1, 0.15) is 5.75 Å². The summed E-state index contributed by atoms with van der Waals surface area (Å²) >= 11 is 0. The van der Waals surface area contributed by atoms with Gasteiger partial charge in [-0.25, -0.2) is 0 Å². The fourth-order valence-electron chi connectivity index (χ4n) is 2.23. The van der Waals surface area contributed by atoms with Crippen LogP contribution in [0.4, 0.5) is 13.2 Å². The normalized spacial score (nSPS) is 14.8. The van der Waals surface area contributed by atoms with Gasteiger partial charge in [-0.05, 0) is 55.5 Å². The van der Waals surface area contributed by atoms with Gasteiger partial charge in [0.25, 0.3) is 0 Å². The molecule has 0 radical (unpaired) electrons. The van der Waals surface area contributed by atoms with Crippen LogP contribution in [0.5, 0.6) is 5.75 Å². The third kappa shape index (κ3) is 6.38. The molecule has 0 aliphatic carbocycles. The Morgan fingerprint density at radius 3 is 2.29 bits per heavy atom. The fourth-order valence-corrected chi connectivity index (χ4v) is 2.23. The largest absolute Gasteiger partial charge is 0.494 e. The molecule has 1 rings (SSSR count). The molecular weight excluding hydrogens is 279 g/mol. The number of halogens is 3. The Balaban J connectivity index is 2.35. The van der Waals surface area contributed by atoms with Crippen molar-refractivity contribution in [1.29, 1.82) is 0 Å². The van der Waals surface area contributed by atoms with Gasteiger partial charge in [0.2, 0.25) is 0 Å². The summed E-state index contributed by atoms with van der Waals surface area (Å²) < 4.78 is 42.7. The van der Waals surface area contributed by atoms with Crippen molar-refractivity contribution in [2.24, 2.45) is 17.6 Å². The lowest BCUT2D eigenvalue weighted by Gasteiger charge is -2.18. The molecule has 5 heteroatoms. The highest BCUT2D eigenvalue weighted by Crippen LogP contribution is 2.30. The number of rotatable bonds is 8. The van der Waals surface area contributed by atoms with Gasteiger partial charge in [-0.3, -0.25) is 0 Å². The minimum absolute atomic E-state index is 0.473. The second-order valence-corrected chi connectivity index (χ2v) is 5.51. The summed E-state index contributed by atoms with van der Waals surface area (Å²) in [5, 5.41) is 0.